The van der Waals surface area contributed by atoms with E-state index in [-0.39, 0.29) is 29.6 Å². The summed E-state index contributed by atoms with van der Waals surface area (Å²) in [5.41, 5.74) is 1.86. The number of carboxylic acids is 1. The van der Waals surface area contributed by atoms with Gasteiger partial charge in [0, 0.05) is 30.2 Å². The predicted octanol–water partition coefficient (Wildman–Crippen LogP) is 3.07. The quantitative estimate of drug-likeness (QED) is 0.347. The van der Waals surface area contributed by atoms with Crippen LogP contribution in [-0.4, -0.2) is 54.6 Å². The molecular formula is C24H24FN7O3. The molecule has 180 valence electrons. The molecule has 4 aromatic heterocycles. The Bertz CT molecular complexity index is 1470. The minimum atomic E-state index is -0.804. The van der Waals surface area contributed by atoms with Crippen molar-refractivity contribution in [3.63, 3.8) is 0 Å². The number of amides is 1. The number of carboxylic acid groups (broad SMARTS) is 1. The van der Waals surface area contributed by atoms with E-state index >= 15 is 0 Å². The number of halogens is 1. The number of carbonyl (C=O) groups is 2. The third kappa shape index (κ3) is 3.41. The topological polar surface area (TPSA) is 137 Å². The Morgan fingerprint density at radius 1 is 1.20 bits per heavy atom. The summed E-state index contributed by atoms with van der Waals surface area (Å²) in [6.07, 6.45) is 6.55. The zero-order chi connectivity index (χ0) is 24.3. The number of pyridine rings is 1. The van der Waals surface area contributed by atoms with Crippen molar-refractivity contribution < 1.29 is 19.1 Å². The lowest BCUT2D eigenvalue weighted by Gasteiger charge is -2.47. The average molecular weight is 478 g/mol. The Balaban J connectivity index is 1.52. The molecule has 0 saturated heterocycles. The minimum Gasteiger partial charge on any atom is -0.481 e. The molecule has 0 radical (unpaired) electrons. The van der Waals surface area contributed by atoms with Crippen molar-refractivity contribution >= 4 is 34.2 Å². The van der Waals surface area contributed by atoms with Gasteiger partial charge in [0.2, 0.25) is 0 Å². The van der Waals surface area contributed by atoms with E-state index < -0.39 is 17.7 Å². The van der Waals surface area contributed by atoms with Crippen LogP contribution in [0.3, 0.4) is 0 Å². The highest BCUT2D eigenvalue weighted by Crippen LogP contribution is 2.46. The smallest absolute Gasteiger partial charge is 0.308 e. The minimum absolute atomic E-state index is 0.128. The molecular weight excluding hydrogens is 453 g/mol. The second-order valence-electron chi connectivity index (χ2n) is 9.34. The Labute approximate surface area is 199 Å². The summed E-state index contributed by atoms with van der Waals surface area (Å²) >= 11 is 0. The fourth-order valence-corrected chi connectivity index (χ4v) is 5.85. The van der Waals surface area contributed by atoms with E-state index in [4.69, 9.17) is 4.98 Å². The fraction of sp³-hybridized carbons (Fsp3) is 0.375. The van der Waals surface area contributed by atoms with E-state index in [1.807, 2.05) is 0 Å². The molecule has 3 fully saturated rings. The Hall–Kier alpha value is -4.02. The number of hydrogen-bond donors (Lipinski definition) is 4. The van der Waals surface area contributed by atoms with Gasteiger partial charge < -0.3 is 20.7 Å². The van der Waals surface area contributed by atoms with Crippen LogP contribution >= 0.6 is 0 Å². The van der Waals surface area contributed by atoms with Gasteiger partial charge in [-0.1, -0.05) is 0 Å². The lowest BCUT2D eigenvalue weighted by molar-refractivity contribution is -0.148. The number of aliphatic carboxylic acids is 1. The molecule has 0 aliphatic heterocycles. The summed E-state index contributed by atoms with van der Waals surface area (Å²) in [6, 6.07) is 4.46. The number of nitrogens with zero attached hydrogens (tertiary/aromatic N) is 4. The highest BCUT2D eigenvalue weighted by atomic mass is 19.1. The molecule has 4 aromatic rings. The van der Waals surface area contributed by atoms with Crippen molar-refractivity contribution in [1.29, 1.82) is 0 Å². The SMILES string of the molecule is CNC(=O)c1ccc2c(N[C@H]3[C@H]4CC[C@H](CC4)[C@@H]3C(=O)O)nc(-c3c[nH]c4ncc(F)cc34)nn12. The molecule has 3 aliphatic carbocycles. The highest BCUT2D eigenvalue weighted by Gasteiger charge is 2.47. The maximum absolute atomic E-state index is 14.0. The molecule has 0 aromatic carbocycles. The van der Waals surface area contributed by atoms with Crippen LogP contribution in [-0.2, 0) is 4.79 Å². The largest absolute Gasteiger partial charge is 0.481 e. The van der Waals surface area contributed by atoms with Crippen LogP contribution in [0.2, 0.25) is 0 Å². The number of fused-ring (bicyclic) bond motifs is 5. The molecule has 7 rings (SSSR count). The number of hydrogen-bond acceptors (Lipinski definition) is 6. The van der Waals surface area contributed by atoms with E-state index in [0.717, 1.165) is 31.9 Å². The number of nitrogens with one attached hydrogen (secondary N) is 3. The first-order valence-corrected chi connectivity index (χ1v) is 11.7. The second kappa shape index (κ2) is 8.03. The maximum Gasteiger partial charge on any atom is 0.308 e. The van der Waals surface area contributed by atoms with Crippen molar-refractivity contribution in [2.24, 2.45) is 17.8 Å². The van der Waals surface area contributed by atoms with E-state index in [1.165, 1.54) is 17.6 Å². The standard InChI is InChI=1S/C24H24FN7O3/c1-26-23(33)17-7-6-16-22(29-19-12-4-2-11(3-5-12)18(19)24(34)35)30-21(31-32(16)17)15-10-28-20-14(15)8-13(25)9-27-20/h6-12,18-19H,2-5H2,1H3,(H,26,33)(H,27,28)(H,34,35)(H,29,30,31)/t11-,12+,18-,19-/m0/s1. The molecule has 0 unspecified atom stereocenters. The van der Waals surface area contributed by atoms with Gasteiger partial charge in [0.05, 0.1) is 12.1 Å². The van der Waals surface area contributed by atoms with E-state index in [0.29, 0.717) is 33.6 Å². The van der Waals surface area contributed by atoms with Gasteiger partial charge in [0.15, 0.2) is 11.6 Å². The first kappa shape index (κ1) is 21.5. The number of aromatic amines is 1. The van der Waals surface area contributed by atoms with Crippen LogP contribution in [0.1, 0.15) is 36.2 Å². The van der Waals surface area contributed by atoms with Gasteiger partial charge in [-0.15, -0.1) is 5.10 Å². The zero-order valence-corrected chi connectivity index (χ0v) is 19.0. The zero-order valence-electron chi connectivity index (χ0n) is 19.0. The van der Waals surface area contributed by atoms with Crippen molar-refractivity contribution in [3.05, 3.63) is 42.1 Å². The van der Waals surface area contributed by atoms with Gasteiger partial charge in [-0.3, -0.25) is 9.59 Å². The highest BCUT2D eigenvalue weighted by molar-refractivity contribution is 5.95. The Morgan fingerprint density at radius 3 is 2.71 bits per heavy atom. The summed E-state index contributed by atoms with van der Waals surface area (Å²) in [5, 5.41) is 21.2. The molecule has 1 amide bonds. The number of rotatable bonds is 5. The number of anilines is 1. The van der Waals surface area contributed by atoms with Crippen molar-refractivity contribution in [2.75, 3.05) is 12.4 Å². The summed E-state index contributed by atoms with van der Waals surface area (Å²) in [5.74, 6) is -1.09. The summed E-state index contributed by atoms with van der Waals surface area (Å²) in [6.45, 7) is 0. The van der Waals surface area contributed by atoms with E-state index in [1.54, 1.807) is 18.3 Å². The Morgan fingerprint density at radius 2 is 1.97 bits per heavy atom. The summed E-state index contributed by atoms with van der Waals surface area (Å²) in [4.78, 5) is 36.6. The number of carbonyl (C=O) groups excluding carboxylic acids is 1. The third-order valence-corrected chi connectivity index (χ3v) is 7.52. The molecule has 4 N–H and O–H groups in total. The molecule has 3 saturated carbocycles. The van der Waals surface area contributed by atoms with Crippen molar-refractivity contribution in [1.82, 2.24) is 29.9 Å². The molecule has 2 bridgehead atoms. The van der Waals surface area contributed by atoms with Gasteiger partial charge in [-0.05, 0) is 55.7 Å². The van der Waals surface area contributed by atoms with Crippen LogP contribution in [0.15, 0.2) is 30.6 Å². The normalized spacial score (nSPS) is 23.6. The molecule has 4 heterocycles. The lowest BCUT2D eigenvalue weighted by atomic mass is 9.61. The van der Waals surface area contributed by atoms with Gasteiger partial charge in [-0.2, -0.15) is 0 Å². The predicted molar refractivity (Wildman–Crippen MR) is 125 cm³/mol. The van der Waals surface area contributed by atoms with Crippen LogP contribution in [0, 0.1) is 23.6 Å². The summed E-state index contributed by atoms with van der Waals surface area (Å²) in [7, 11) is 1.54. The lowest BCUT2D eigenvalue weighted by Crippen LogP contribution is -2.51. The maximum atomic E-state index is 14.0. The number of H-pyrrole nitrogens is 1. The molecule has 3 aliphatic rings. The van der Waals surface area contributed by atoms with Gasteiger partial charge in [0.25, 0.3) is 5.91 Å². The monoisotopic (exact) mass is 477 g/mol. The molecule has 35 heavy (non-hydrogen) atoms. The number of aromatic nitrogens is 5. The van der Waals surface area contributed by atoms with Crippen molar-refractivity contribution in [3.8, 4) is 11.4 Å². The Kier molecular flexibility index (Phi) is 4.94. The first-order valence-electron chi connectivity index (χ1n) is 11.7. The van der Waals surface area contributed by atoms with E-state index in [9.17, 15) is 19.1 Å². The fourth-order valence-electron chi connectivity index (χ4n) is 5.85. The van der Waals surface area contributed by atoms with Gasteiger partial charge in [0.1, 0.15) is 22.7 Å². The van der Waals surface area contributed by atoms with Crippen LogP contribution in [0.5, 0.6) is 0 Å². The van der Waals surface area contributed by atoms with Crippen molar-refractivity contribution in [2.45, 2.75) is 31.7 Å². The van der Waals surface area contributed by atoms with Crippen LogP contribution in [0.4, 0.5) is 10.2 Å². The van der Waals surface area contributed by atoms with Crippen LogP contribution < -0.4 is 10.6 Å². The third-order valence-electron chi connectivity index (χ3n) is 7.52. The molecule has 2 atom stereocenters. The average Bonchev–Trinajstić information content (AvgIpc) is 3.48. The second-order valence-corrected chi connectivity index (χ2v) is 9.34. The molecule has 10 nitrogen and oxygen atoms in total. The van der Waals surface area contributed by atoms with Gasteiger partial charge in [-0.25, -0.2) is 18.9 Å². The summed E-state index contributed by atoms with van der Waals surface area (Å²) < 4.78 is 15.5. The first-order chi connectivity index (χ1) is 16.9. The van der Waals surface area contributed by atoms with E-state index in [2.05, 4.69) is 25.7 Å². The molecule has 0 spiro atoms. The van der Waals surface area contributed by atoms with Crippen LogP contribution in [0.25, 0.3) is 27.9 Å². The van der Waals surface area contributed by atoms with Gasteiger partial charge >= 0.3 is 5.97 Å². The molecule has 11 heteroatoms.